The van der Waals surface area contributed by atoms with Gasteiger partial charge < -0.3 is 10.1 Å². The van der Waals surface area contributed by atoms with Crippen LogP contribution in [0.2, 0.25) is 0 Å². The first-order valence-electron chi connectivity index (χ1n) is 7.12. The van der Waals surface area contributed by atoms with Gasteiger partial charge in [0.25, 0.3) is 0 Å². The molecule has 2 aromatic carbocycles. The number of benzene rings is 2. The summed E-state index contributed by atoms with van der Waals surface area (Å²) in [6.07, 6.45) is 3.05. The highest BCUT2D eigenvalue weighted by Crippen LogP contribution is 2.22. The monoisotopic (exact) mass is 302 g/mol. The van der Waals surface area contributed by atoms with Crippen LogP contribution in [0.5, 0.6) is 11.5 Å². The second kappa shape index (κ2) is 7.05. The van der Waals surface area contributed by atoms with Crippen molar-refractivity contribution in [3.8, 4) is 17.6 Å². The summed E-state index contributed by atoms with van der Waals surface area (Å²) in [5.74, 6) is 2.03. The summed E-state index contributed by atoms with van der Waals surface area (Å²) >= 11 is 0. The fourth-order valence-corrected chi connectivity index (χ4v) is 2.08. The van der Waals surface area contributed by atoms with Crippen molar-refractivity contribution in [3.05, 3.63) is 78.2 Å². The molecule has 0 unspecified atom stereocenters. The average Bonchev–Trinajstić information content (AvgIpc) is 2.61. The van der Waals surface area contributed by atoms with E-state index in [0.717, 1.165) is 17.1 Å². The third kappa shape index (κ3) is 3.83. The lowest BCUT2D eigenvalue weighted by Crippen LogP contribution is -2.04. The summed E-state index contributed by atoms with van der Waals surface area (Å²) in [6, 6.07) is 19.4. The molecule has 0 radical (unpaired) electrons. The van der Waals surface area contributed by atoms with E-state index in [0.29, 0.717) is 12.4 Å². The molecule has 1 N–H and O–H groups in total. The lowest BCUT2D eigenvalue weighted by atomic mass is 10.2. The number of ether oxygens (including phenoxy) is 1. The van der Waals surface area contributed by atoms with Gasteiger partial charge in [0, 0.05) is 18.9 Å². The Bertz CT molecular complexity index is 828. The molecule has 3 aromatic rings. The molecule has 1 aromatic heterocycles. The van der Waals surface area contributed by atoms with Crippen LogP contribution in [-0.2, 0) is 6.54 Å². The molecule has 0 aliphatic heterocycles. The lowest BCUT2D eigenvalue weighted by Gasteiger charge is -2.09. The Labute approximate surface area is 134 Å². The van der Waals surface area contributed by atoms with Crippen molar-refractivity contribution < 1.29 is 4.74 Å². The third-order valence-corrected chi connectivity index (χ3v) is 3.14. The Balaban J connectivity index is 1.69. The molecule has 5 nitrogen and oxygen atoms in total. The largest absolute Gasteiger partial charge is 0.457 e. The van der Waals surface area contributed by atoms with Crippen LogP contribution < -0.4 is 10.1 Å². The first kappa shape index (κ1) is 14.5. The number of nitriles is 1. The van der Waals surface area contributed by atoms with E-state index in [2.05, 4.69) is 15.3 Å². The van der Waals surface area contributed by atoms with Gasteiger partial charge in [-0.25, -0.2) is 9.97 Å². The van der Waals surface area contributed by atoms with Crippen molar-refractivity contribution in [1.29, 1.82) is 5.26 Å². The molecule has 0 bridgehead atoms. The summed E-state index contributed by atoms with van der Waals surface area (Å²) in [6.45, 7) is 0.527. The fourth-order valence-electron chi connectivity index (χ4n) is 2.08. The highest BCUT2D eigenvalue weighted by Gasteiger charge is 2.04. The van der Waals surface area contributed by atoms with E-state index >= 15 is 0 Å². The molecule has 0 saturated carbocycles. The molecule has 0 atom stereocenters. The lowest BCUT2D eigenvalue weighted by molar-refractivity contribution is 0.482. The highest BCUT2D eigenvalue weighted by molar-refractivity contribution is 5.47. The first-order valence-corrected chi connectivity index (χ1v) is 7.12. The second-order valence-corrected chi connectivity index (χ2v) is 4.78. The molecular weight excluding hydrogens is 288 g/mol. The van der Waals surface area contributed by atoms with Crippen LogP contribution in [0.1, 0.15) is 11.3 Å². The molecule has 0 saturated heterocycles. The van der Waals surface area contributed by atoms with Crippen molar-refractivity contribution in [2.45, 2.75) is 6.54 Å². The molecule has 0 spiro atoms. The van der Waals surface area contributed by atoms with E-state index in [1.807, 2.05) is 60.7 Å². The molecule has 1 heterocycles. The van der Waals surface area contributed by atoms with Crippen molar-refractivity contribution in [2.75, 3.05) is 5.32 Å². The number of para-hydroxylation sites is 1. The zero-order valence-electron chi connectivity index (χ0n) is 12.3. The van der Waals surface area contributed by atoms with Crippen LogP contribution in [0.15, 0.2) is 67.0 Å². The van der Waals surface area contributed by atoms with Gasteiger partial charge >= 0.3 is 0 Å². The fraction of sp³-hybridized carbons (Fsp3) is 0.0556. The SMILES string of the molecule is N#Cc1nccnc1NCc1cccc(Oc2ccccc2)c1. The molecular formula is C18H14N4O. The molecule has 0 aliphatic rings. The standard InChI is InChI=1S/C18H14N4O/c19-12-17-18(21-10-9-20-17)22-13-14-5-4-8-16(11-14)23-15-6-2-1-3-7-15/h1-11H,13H2,(H,21,22). The number of nitrogens with zero attached hydrogens (tertiary/aromatic N) is 3. The molecule has 5 heteroatoms. The van der Waals surface area contributed by atoms with Crippen LogP contribution in [0.4, 0.5) is 5.82 Å². The topological polar surface area (TPSA) is 70.8 Å². The van der Waals surface area contributed by atoms with Crippen LogP contribution in [0, 0.1) is 11.3 Å². The second-order valence-electron chi connectivity index (χ2n) is 4.78. The molecule has 0 aliphatic carbocycles. The third-order valence-electron chi connectivity index (χ3n) is 3.14. The van der Waals surface area contributed by atoms with Gasteiger partial charge in [-0.15, -0.1) is 0 Å². The van der Waals surface area contributed by atoms with Gasteiger partial charge in [-0.2, -0.15) is 5.26 Å². The van der Waals surface area contributed by atoms with Crippen LogP contribution >= 0.6 is 0 Å². The Hall–Kier alpha value is -3.39. The molecule has 0 amide bonds. The Morgan fingerprint density at radius 2 is 1.74 bits per heavy atom. The maximum atomic E-state index is 9.01. The summed E-state index contributed by atoms with van der Waals surface area (Å²) in [7, 11) is 0. The van der Waals surface area contributed by atoms with Crippen LogP contribution in [0.3, 0.4) is 0 Å². The normalized spacial score (nSPS) is 9.87. The summed E-state index contributed by atoms with van der Waals surface area (Å²) in [4.78, 5) is 8.10. The van der Waals surface area contributed by atoms with Crippen molar-refractivity contribution in [3.63, 3.8) is 0 Å². The number of rotatable bonds is 5. The van der Waals surface area contributed by atoms with Gasteiger partial charge in [0.05, 0.1) is 0 Å². The number of aromatic nitrogens is 2. The number of nitrogens with one attached hydrogen (secondary N) is 1. The molecule has 112 valence electrons. The van der Waals surface area contributed by atoms with Gasteiger partial charge in [0.15, 0.2) is 11.5 Å². The van der Waals surface area contributed by atoms with Crippen molar-refractivity contribution in [1.82, 2.24) is 9.97 Å². The maximum absolute atomic E-state index is 9.01. The summed E-state index contributed by atoms with van der Waals surface area (Å²) < 4.78 is 5.81. The quantitative estimate of drug-likeness (QED) is 0.777. The minimum absolute atomic E-state index is 0.282. The van der Waals surface area contributed by atoms with E-state index in [1.54, 1.807) is 6.20 Å². The minimum atomic E-state index is 0.282. The van der Waals surface area contributed by atoms with Crippen LogP contribution in [-0.4, -0.2) is 9.97 Å². The minimum Gasteiger partial charge on any atom is -0.457 e. The first-order chi connectivity index (χ1) is 11.3. The van der Waals surface area contributed by atoms with Gasteiger partial charge in [0.2, 0.25) is 0 Å². The number of anilines is 1. The average molecular weight is 302 g/mol. The van der Waals surface area contributed by atoms with Gasteiger partial charge in [-0.05, 0) is 29.8 Å². The predicted octanol–water partition coefficient (Wildman–Crippen LogP) is 3.75. The van der Waals surface area contributed by atoms with E-state index in [1.165, 1.54) is 6.20 Å². The van der Waals surface area contributed by atoms with E-state index in [-0.39, 0.29) is 5.69 Å². The van der Waals surface area contributed by atoms with E-state index < -0.39 is 0 Å². The smallest absolute Gasteiger partial charge is 0.182 e. The molecule has 3 rings (SSSR count). The highest BCUT2D eigenvalue weighted by atomic mass is 16.5. The molecule has 0 fully saturated rings. The summed E-state index contributed by atoms with van der Waals surface area (Å²) in [5.41, 5.74) is 1.30. The predicted molar refractivity (Wildman–Crippen MR) is 87.0 cm³/mol. The zero-order valence-corrected chi connectivity index (χ0v) is 12.3. The van der Waals surface area contributed by atoms with Gasteiger partial charge in [0.1, 0.15) is 17.6 Å². The maximum Gasteiger partial charge on any atom is 0.182 e. The molecule has 23 heavy (non-hydrogen) atoms. The Morgan fingerprint density at radius 3 is 2.57 bits per heavy atom. The van der Waals surface area contributed by atoms with Gasteiger partial charge in [-0.1, -0.05) is 30.3 Å². The Morgan fingerprint density at radius 1 is 0.957 bits per heavy atom. The van der Waals surface area contributed by atoms with E-state index in [9.17, 15) is 0 Å². The van der Waals surface area contributed by atoms with Crippen molar-refractivity contribution in [2.24, 2.45) is 0 Å². The van der Waals surface area contributed by atoms with Crippen LogP contribution in [0.25, 0.3) is 0 Å². The summed E-state index contributed by atoms with van der Waals surface area (Å²) in [5, 5.41) is 12.1. The van der Waals surface area contributed by atoms with Crippen molar-refractivity contribution >= 4 is 5.82 Å². The zero-order chi connectivity index (χ0) is 15.9. The van der Waals surface area contributed by atoms with Gasteiger partial charge in [-0.3, -0.25) is 0 Å². The van der Waals surface area contributed by atoms with E-state index in [4.69, 9.17) is 10.00 Å². The number of hydrogen-bond acceptors (Lipinski definition) is 5. The Kier molecular flexibility index (Phi) is 4.46. The number of hydrogen-bond donors (Lipinski definition) is 1.